The minimum atomic E-state index is -0.0290. The van der Waals surface area contributed by atoms with Gasteiger partial charge in [0, 0.05) is 31.5 Å². The van der Waals surface area contributed by atoms with E-state index in [4.69, 9.17) is 4.74 Å². The monoisotopic (exact) mass is 262 g/mol. The first-order chi connectivity index (χ1) is 9.20. The highest BCUT2D eigenvalue weighted by Gasteiger charge is 2.40. The maximum Gasteiger partial charge on any atom is 0.0834 e. The van der Waals surface area contributed by atoms with Crippen LogP contribution in [0.25, 0.3) is 0 Å². The van der Waals surface area contributed by atoms with E-state index < -0.39 is 0 Å². The highest BCUT2D eigenvalue weighted by Crippen LogP contribution is 2.37. The Morgan fingerprint density at radius 2 is 2.16 bits per heavy atom. The van der Waals surface area contributed by atoms with Crippen molar-refractivity contribution in [2.45, 2.75) is 50.7 Å². The Kier molecular flexibility index (Phi) is 4.94. The molecule has 3 heteroatoms. The molecule has 1 aliphatic carbocycles. The van der Waals surface area contributed by atoms with Crippen molar-refractivity contribution in [2.24, 2.45) is 5.92 Å². The smallest absolute Gasteiger partial charge is 0.0834 e. The molecule has 0 saturated heterocycles. The van der Waals surface area contributed by atoms with Crippen LogP contribution in [0.1, 0.15) is 38.3 Å². The molecule has 1 heterocycles. The second-order valence-corrected chi connectivity index (χ2v) is 5.82. The minimum Gasteiger partial charge on any atom is -0.377 e. The molecule has 1 fully saturated rings. The number of methoxy groups -OCH3 is 1. The van der Waals surface area contributed by atoms with Crippen LogP contribution < -0.4 is 5.32 Å². The Balaban J connectivity index is 2.10. The van der Waals surface area contributed by atoms with Crippen LogP contribution in [-0.2, 0) is 11.2 Å². The zero-order chi connectivity index (χ0) is 13.7. The summed E-state index contributed by atoms with van der Waals surface area (Å²) < 4.78 is 5.96. The Hall–Kier alpha value is -0.930. The molecule has 1 aliphatic rings. The summed E-state index contributed by atoms with van der Waals surface area (Å²) in [6.45, 7) is 2.34. The maximum atomic E-state index is 5.96. The molecule has 3 nitrogen and oxygen atoms in total. The second kappa shape index (κ2) is 6.49. The molecule has 2 rings (SSSR count). The molecule has 1 aromatic heterocycles. The van der Waals surface area contributed by atoms with Gasteiger partial charge in [-0.3, -0.25) is 4.98 Å². The molecule has 0 aromatic carbocycles. The zero-order valence-electron chi connectivity index (χ0n) is 12.4. The Morgan fingerprint density at radius 1 is 1.42 bits per heavy atom. The van der Waals surface area contributed by atoms with Gasteiger partial charge in [0.25, 0.3) is 0 Å². The number of nitrogens with one attached hydrogen (secondary N) is 1. The van der Waals surface area contributed by atoms with E-state index in [1.54, 1.807) is 0 Å². The van der Waals surface area contributed by atoms with Crippen LogP contribution >= 0.6 is 0 Å². The fourth-order valence-electron chi connectivity index (χ4n) is 3.22. The number of ether oxygens (including phenoxy) is 1. The molecular weight excluding hydrogens is 236 g/mol. The molecule has 1 saturated carbocycles. The number of nitrogens with zero attached hydrogens (tertiary/aromatic N) is 1. The zero-order valence-corrected chi connectivity index (χ0v) is 12.4. The summed E-state index contributed by atoms with van der Waals surface area (Å²) in [6.07, 6.45) is 7.60. The fourth-order valence-corrected chi connectivity index (χ4v) is 3.22. The largest absolute Gasteiger partial charge is 0.377 e. The van der Waals surface area contributed by atoms with Crippen molar-refractivity contribution < 1.29 is 4.74 Å². The summed E-state index contributed by atoms with van der Waals surface area (Å²) in [5.74, 6) is 0.829. The minimum absolute atomic E-state index is 0.0290. The van der Waals surface area contributed by atoms with Crippen LogP contribution in [0.4, 0.5) is 0 Å². The average molecular weight is 262 g/mol. The van der Waals surface area contributed by atoms with Gasteiger partial charge in [0.05, 0.1) is 5.60 Å². The lowest BCUT2D eigenvalue weighted by Gasteiger charge is -2.44. The van der Waals surface area contributed by atoms with Crippen LogP contribution in [0.3, 0.4) is 0 Å². The number of rotatable bonds is 5. The maximum absolute atomic E-state index is 5.96. The Labute approximate surface area is 116 Å². The third-order valence-electron chi connectivity index (χ3n) is 4.65. The van der Waals surface area contributed by atoms with Gasteiger partial charge in [-0.15, -0.1) is 0 Å². The predicted molar refractivity (Wildman–Crippen MR) is 78.2 cm³/mol. The van der Waals surface area contributed by atoms with E-state index >= 15 is 0 Å². The first kappa shape index (κ1) is 14.5. The Bertz CT molecular complexity index is 372. The van der Waals surface area contributed by atoms with Gasteiger partial charge in [0.2, 0.25) is 0 Å². The molecule has 19 heavy (non-hydrogen) atoms. The van der Waals surface area contributed by atoms with Gasteiger partial charge in [-0.05, 0) is 50.8 Å². The molecular formula is C16H26N2O. The van der Waals surface area contributed by atoms with Crippen molar-refractivity contribution in [3.8, 4) is 0 Å². The molecule has 0 bridgehead atoms. The second-order valence-electron chi connectivity index (χ2n) is 5.82. The van der Waals surface area contributed by atoms with Crippen molar-refractivity contribution in [1.82, 2.24) is 10.3 Å². The summed E-state index contributed by atoms with van der Waals surface area (Å²) in [7, 11) is 3.89. The van der Waals surface area contributed by atoms with Crippen LogP contribution in [0.2, 0.25) is 0 Å². The predicted octanol–water partition coefficient (Wildman–Crippen LogP) is 2.81. The quantitative estimate of drug-likeness (QED) is 0.886. The molecule has 106 valence electrons. The third kappa shape index (κ3) is 3.34. The molecule has 0 aliphatic heterocycles. The van der Waals surface area contributed by atoms with E-state index in [1.807, 2.05) is 26.4 Å². The van der Waals surface area contributed by atoms with E-state index in [0.29, 0.717) is 6.04 Å². The highest BCUT2D eigenvalue weighted by atomic mass is 16.5. The highest BCUT2D eigenvalue weighted by molar-refractivity contribution is 5.09. The molecule has 1 N–H and O–H groups in total. The first-order valence-electron chi connectivity index (χ1n) is 7.32. The lowest BCUT2D eigenvalue weighted by Crippen LogP contribution is -2.54. The van der Waals surface area contributed by atoms with E-state index in [1.165, 1.54) is 12.8 Å². The van der Waals surface area contributed by atoms with E-state index in [0.717, 1.165) is 30.9 Å². The van der Waals surface area contributed by atoms with Crippen molar-refractivity contribution in [3.63, 3.8) is 0 Å². The van der Waals surface area contributed by atoms with Gasteiger partial charge in [-0.2, -0.15) is 0 Å². The van der Waals surface area contributed by atoms with E-state index in [-0.39, 0.29) is 5.60 Å². The van der Waals surface area contributed by atoms with Gasteiger partial charge < -0.3 is 10.1 Å². The standard InChI is InChI=1S/C16H26N2O/c1-13-7-9-16(19-3,10-8-13)15(17-2)12-14-6-4-5-11-18-14/h4-6,11,13,15,17H,7-10,12H2,1-3H3. The van der Waals surface area contributed by atoms with Crippen molar-refractivity contribution >= 4 is 0 Å². The van der Waals surface area contributed by atoms with Crippen LogP contribution in [0.15, 0.2) is 24.4 Å². The first-order valence-corrected chi connectivity index (χ1v) is 7.32. The van der Waals surface area contributed by atoms with Crippen LogP contribution in [-0.4, -0.2) is 30.8 Å². The molecule has 1 atom stereocenters. The van der Waals surface area contributed by atoms with Gasteiger partial charge in [-0.25, -0.2) is 0 Å². The molecule has 0 amide bonds. The average Bonchev–Trinajstić information content (AvgIpc) is 2.47. The van der Waals surface area contributed by atoms with Gasteiger partial charge >= 0.3 is 0 Å². The molecule has 1 unspecified atom stereocenters. The molecule has 0 radical (unpaired) electrons. The summed E-state index contributed by atoms with van der Waals surface area (Å²) in [4.78, 5) is 4.45. The lowest BCUT2D eigenvalue weighted by atomic mass is 9.74. The summed E-state index contributed by atoms with van der Waals surface area (Å²) >= 11 is 0. The summed E-state index contributed by atoms with van der Waals surface area (Å²) in [5, 5.41) is 3.46. The Morgan fingerprint density at radius 3 is 2.68 bits per heavy atom. The number of hydrogen-bond donors (Lipinski definition) is 1. The van der Waals surface area contributed by atoms with E-state index in [9.17, 15) is 0 Å². The van der Waals surface area contributed by atoms with Gasteiger partial charge in [-0.1, -0.05) is 13.0 Å². The van der Waals surface area contributed by atoms with E-state index in [2.05, 4.69) is 29.4 Å². The summed E-state index contributed by atoms with van der Waals surface area (Å²) in [6, 6.07) is 6.45. The third-order valence-corrected chi connectivity index (χ3v) is 4.65. The SMILES string of the molecule is CNC(Cc1ccccn1)C1(OC)CCC(C)CC1. The van der Waals surface area contributed by atoms with Crippen molar-refractivity contribution in [1.29, 1.82) is 0 Å². The topological polar surface area (TPSA) is 34.2 Å². The molecule has 0 spiro atoms. The van der Waals surface area contributed by atoms with Crippen molar-refractivity contribution in [3.05, 3.63) is 30.1 Å². The number of aromatic nitrogens is 1. The van der Waals surface area contributed by atoms with Crippen molar-refractivity contribution in [2.75, 3.05) is 14.2 Å². The number of hydrogen-bond acceptors (Lipinski definition) is 3. The van der Waals surface area contributed by atoms with Gasteiger partial charge in [0.15, 0.2) is 0 Å². The van der Waals surface area contributed by atoms with Crippen LogP contribution in [0, 0.1) is 5.92 Å². The normalized spacial score (nSPS) is 29.1. The molecule has 1 aromatic rings. The number of pyridine rings is 1. The fraction of sp³-hybridized carbons (Fsp3) is 0.688. The number of likely N-dealkylation sites (N-methyl/N-ethyl adjacent to an activating group) is 1. The lowest BCUT2D eigenvalue weighted by molar-refractivity contribution is -0.0732. The summed E-state index contributed by atoms with van der Waals surface area (Å²) in [5.41, 5.74) is 1.11. The van der Waals surface area contributed by atoms with Gasteiger partial charge in [0.1, 0.15) is 0 Å². The van der Waals surface area contributed by atoms with Crippen LogP contribution in [0.5, 0.6) is 0 Å².